The highest BCUT2D eigenvalue weighted by molar-refractivity contribution is 6.25. The first kappa shape index (κ1) is 43.0. The van der Waals surface area contributed by atoms with E-state index in [1.807, 2.05) is 45.0 Å². The van der Waals surface area contributed by atoms with Crippen LogP contribution in [0.1, 0.15) is 98.7 Å². The number of likely N-dealkylation sites (tertiary alicyclic amines) is 1. The van der Waals surface area contributed by atoms with Gasteiger partial charge in [-0.3, -0.25) is 43.8 Å². The van der Waals surface area contributed by atoms with Gasteiger partial charge in [-0.15, -0.1) is 0 Å². The third kappa shape index (κ3) is 9.15. The van der Waals surface area contributed by atoms with Crippen molar-refractivity contribution in [3.05, 3.63) is 98.1 Å². The molecule has 16 nitrogen and oxygen atoms in total. The second kappa shape index (κ2) is 18.6. The molecule has 0 radical (unpaired) electrons. The predicted octanol–water partition coefficient (Wildman–Crippen LogP) is 3.49. The molecule has 6 amide bonds. The molecule has 16 heteroatoms. The number of hydrogen-bond acceptors (Lipinski definition) is 10. The number of rotatable bonds is 16. The largest absolute Gasteiger partial charge is 0.382 e. The third-order valence-corrected chi connectivity index (χ3v) is 12.3. The number of imide groups is 2. The Kier molecular flexibility index (Phi) is 13.1. The van der Waals surface area contributed by atoms with Crippen LogP contribution in [0, 0.1) is 26.7 Å². The summed E-state index contributed by atoms with van der Waals surface area (Å²) in [6.07, 6.45) is 2.29. The van der Waals surface area contributed by atoms with Crippen LogP contribution in [-0.2, 0) is 25.7 Å². The maximum absolute atomic E-state index is 13.7. The Hall–Kier alpha value is -6.13. The Morgan fingerprint density at radius 2 is 1.67 bits per heavy atom. The van der Waals surface area contributed by atoms with Crippen molar-refractivity contribution in [2.75, 3.05) is 51.3 Å². The van der Waals surface area contributed by atoms with E-state index in [1.165, 1.54) is 0 Å². The van der Waals surface area contributed by atoms with Gasteiger partial charge in [0.05, 0.1) is 29.9 Å². The van der Waals surface area contributed by atoms with Crippen molar-refractivity contribution in [1.82, 2.24) is 35.3 Å². The molecule has 4 aromatic rings. The number of aromatic nitrogens is 2. The molecule has 2 aromatic carbocycles. The van der Waals surface area contributed by atoms with Gasteiger partial charge in [-0.25, -0.2) is 0 Å². The van der Waals surface area contributed by atoms with Gasteiger partial charge >= 0.3 is 0 Å². The number of para-hydroxylation sites is 1. The van der Waals surface area contributed by atoms with E-state index < -0.39 is 29.7 Å². The highest BCUT2D eigenvalue weighted by Crippen LogP contribution is 2.36. The lowest BCUT2D eigenvalue weighted by Gasteiger charge is -2.36. The number of benzene rings is 2. The zero-order valence-corrected chi connectivity index (χ0v) is 35.2. The number of carbonyl (C=O) groups is 6. The summed E-state index contributed by atoms with van der Waals surface area (Å²) in [5, 5.41) is 12.2. The number of ether oxygens (including phenoxy) is 1. The predicted molar refractivity (Wildman–Crippen MR) is 228 cm³/mol. The van der Waals surface area contributed by atoms with Crippen molar-refractivity contribution >= 4 is 52.0 Å². The van der Waals surface area contributed by atoms with Gasteiger partial charge in [0, 0.05) is 78.6 Å². The van der Waals surface area contributed by atoms with Crippen molar-refractivity contribution in [2.24, 2.45) is 5.92 Å². The first-order valence-electron chi connectivity index (χ1n) is 21.1. The minimum atomic E-state index is -1.04. The maximum Gasteiger partial charge on any atom is 0.264 e. The van der Waals surface area contributed by atoms with Crippen LogP contribution in [0.2, 0.25) is 0 Å². The Bertz CT molecular complexity index is 2430. The second-order valence-corrected chi connectivity index (χ2v) is 16.2. The number of anilines is 1. The van der Waals surface area contributed by atoms with Gasteiger partial charge in [-0.1, -0.05) is 24.3 Å². The van der Waals surface area contributed by atoms with Crippen molar-refractivity contribution in [1.29, 1.82) is 0 Å². The lowest BCUT2D eigenvalue weighted by molar-refractivity contribution is -0.136. The summed E-state index contributed by atoms with van der Waals surface area (Å²) in [5.41, 5.74) is 5.35. The summed E-state index contributed by atoms with van der Waals surface area (Å²) in [4.78, 5) is 95.3. The average molecular weight is 835 g/mol. The van der Waals surface area contributed by atoms with Gasteiger partial charge in [0.1, 0.15) is 6.04 Å². The van der Waals surface area contributed by atoms with Crippen molar-refractivity contribution in [2.45, 2.75) is 78.4 Å². The molecule has 5 heterocycles. The number of fused-ring (bicyclic) bond motifs is 2. The molecule has 2 saturated heterocycles. The summed E-state index contributed by atoms with van der Waals surface area (Å²) in [6.45, 7) is 11.9. The fraction of sp³-hybridized carbons (Fsp3) is 0.444. The average Bonchev–Trinajstić information content (AvgIpc) is 3.67. The molecule has 1 unspecified atom stereocenters. The second-order valence-electron chi connectivity index (χ2n) is 16.2. The van der Waals surface area contributed by atoms with Gasteiger partial charge < -0.3 is 35.1 Å². The topological polar surface area (TPSA) is 204 Å². The molecule has 2 aromatic heterocycles. The van der Waals surface area contributed by atoms with E-state index in [2.05, 4.69) is 48.7 Å². The van der Waals surface area contributed by atoms with Crippen LogP contribution < -0.4 is 26.8 Å². The maximum atomic E-state index is 13.7. The quantitative estimate of drug-likeness (QED) is 0.0822. The van der Waals surface area contributed by atoms with E-state index in [0.29, 0.717) is 35.8 Å². The van der Waals surface area contributed by atoms with Crippen LogP contribution in [0.4, 0.5) is 5.69 Å². The summed E-state index contributed by atoms with van der Waals surface area (Å²) >= 11 is 0. The number of pyridine rings is 1. The van der Waals surface area contributed by atoms with Gasteiger partial charge in [0.15, 0.2) is 0 Å². The molecule has 0 bridgehead atoms. The number of piperidine rings is 2. The van der Waals surface area contributed by atoms with Gasteiger partial charge in [0.25, 0.3) is 23.3 Å². The number of H-pyrrole nitrogens is 1. The summed E-state index contributed by atoms with van der Waals surface area (Å²) in [6, 6.07) is 13.9. The Morgan fingerprint density at radius 1 is 0.902 bits per heavy atom. The Labute approximate surface area is 353 Å². The molecule has 7 rings (SSSR count). The minimum Gasteiger partial charge on any atom is -0.382 e. The number of carbonyl (C=O) groups excluding carboxylic acids is 6. The fourth-order valence-electron chi connectivity index (χ4n) is 9.06. The Balaban J connectivity index is 0.818. The Morgan fingerprint density at radius 3 is 2.43 bits per heavy atom. The highest BCUT2D eigenvalue weighted by atomic mass is 16.5. The number of aryl methyl sites for hydroxylation is 2. The smallest absolute Gasteiger partial charge is 0.264 e. The first-order chi connectivity index (χ1) is 29.3. The van der Waals surface area contributed by atoms with Crippen molar-refractivity contribution in [3.63, 3.8) is 0 Å². The fourth-order valence-corrected chi connectivity index (χ4v) is 9.06. The zero-order valence-electron chi connectivity index (χ0n) is 35.2. The van der Waals surface area contributed by atoms with E-state index in [0.717, 1.165) is 65.2 Å². The van der Waals surface area contributed by atoms with E-state index in [9.17, 15) is 33.6 Å². The highest BCUT2D eigenvalue weighted by Gasteiger charge is 2.45. The number of nitrogens with zero attached hydrogens (tertiary/aromatic N) is 3. The molecule has 2 atom stereocenters. The summed E-state index contributed by atoms with van der Waals surface area (Å²) in [5.74, 6) is -2.15. The molecule has 0 saturated carbocycles. The molecule has 0 spiro atoms. The molecule has 5 N–H and O–H groups in total. The van der Waals surface area contributed by atoms with Crippen LogP contribution >= 0.6 is 0 Å². The van der Waals surface area contributed by atoms with Gasteiger partial charge in [0.2, 0.25) is 17.7 Å². The number of hydrogen-bond donors (Lipinski definition) is 5. The normalized spacial score (nSPS) is 17.7. The molecule has 3 aliphatic heterocycles. The van der Waals surface area contributed by atoms with Crippen LogP contribution in [0.25, 0.3) is 10.9 Å². The van der Waals surface area contributed by atoms with E-state index in [1.54, 1.807) is 18.2 Å². The SMILES string of the molecule is Cc1cc(C)c(CNC(=O)c2c(C)n([C@@H](C)C3CCN(CCNC(=O)CCOCCNc4cccc5c4C(=O)N(C4CCC(=O)NC4=O)C5=O)CC3)c3ccccc23)c(=O)[nH]1. The first-order valence-corrected chi connectivity index (χ1v) is 21.1. The third-order valence-electron chi connectivity index (χ3n) is 12.3. The van der Waals surface area contributed by atoms with E-state index >= 15 is 0 Å². The minimum absolute atomic E-state index is 0.0479. The van der Waals surface area contributed by atoms with Crippen LogP contribution in [-0.4, -0.2) is 107 Å². The molecule has 0 aliphatic carbocycles. The number of nitrogens with one attached hydrogen (secondary N) is 5. The van der Waals surface area contributed by atoms with Crippen molar-refractivity contribution in [3.8, 4) is 0 Å². The van der Waals surface area contributed by atoms with Crippen LogP contribution in [0.15, 0.2) is 53.3 Å². The zero-order chi connectivity index (χ0) is 43.4. The molecule has 61 heavy (non-hydrogen) atoms. The monoisotopic (exact) mass is 834 g/mol. The summed E-state index contributed by atoms with van der Waals surface area (Å²) < 4.78 is 7.97. The number of aromatic amines is 1. The van der Waals surface area contributed by atoms with Crippen molar-refractivity contribution < 1.29 is 33.5 Å². The van der Waals surface area contributed by atoms with E-state index in [4.69, 9.17) is 4.74 Å². The molecule has 322 valence electrons. The number of amides is 6. The van der Waals surface area contributed by atoms with Gasteiger partial charge in [-0.05, 0) is 95.8 Å². The summed E-state index contributed by atoms with van der Waals surface area (Å²) in [7, 11) is 0. The lowest BCUT2D eigenvalue weighted by atomic mass is 9.90. The van der Waals surface area contributed by atoms with E-state index in [-0.39, 0.29) is 73.6 Å². The molecular formula is C45H54N8O8. The molecular weight excluding hydrogens is 781 g/mol. The van der Waals surface area contributed by atoms with Crippen LogP contribution in [0.3, 0.4) is 0 Å². The van der Waals surface area contributed by atoms with Crippen LogP contribution in [0.5, 0.6) is 0 Å². The molecule has 3 aliphatic rings. The molecule has 2 fully saturated rings. The van der Waals surface area contributed by atoms with Gasteiger partial charge in [-0.2, -0.15) is 0 Å². The standard InChI is InChI=1S/C45H54N8O8/c1-26-24-27(2)49-41(56)33(26)25-48-43(58)39-29(4)52(35-11-6-5-8-31(35)39)28(3)30-14-19-51(20-15-30)21-17-47-37(54)16-22-61-23-18-46-34-10-7-9-32-40(34)45(60)53(44(32)59)36-12-13-38(55)50-42(36)57/h5-11,24,28,30,36,46H,12-23,25H2,1-4H3,(H,47,54)(H,48,58)(H,49,56)(H,50,55,57)/t28-,36?/m0/s1. The lowest BCUT2D eigenvalue weighted by Crippen LogP contribution is -2.54.